The molecule has 7 rings (SSSR count). The van der Waals surface area contributed by atoms with Gasteiger partial charge in [0.1, 0.15) is 10.7 Å². The summed E-state index contributed by atoms with van der Waals surface area (Å²) in [5, 5.41) is 5.23. The molecule has 3 aromatic carbocycles. The number of amides is 1. The monoisotopic (exact) mass is 679 g/mol. The number of nitrogens with two attached hydrogens (primary N) is 1. The predicted octanol–water partition coefficient (Wildman–Crippen LogP) is 6.73. The van der Waals surface area contributed by atoms with Crippen LogP contribution in [0.15, 0.2) is 71.6 Å². The smallest absolute Gasteiger partial charge is 0.256 e. The number of carbonyl (C=O) groups excluding carboxylic acids is 1. The minimum absolute atomic E-state index is 0.0116. The van der Waals surface area contributed by atoms with E-state index in [0.29, 0.717) is 31.2 Å². The number of likely N-dealkylation sites (tertiary alicyclic amines) is 1. The first-order chi connectivity index (χ1) is 22.1. The first kappa shape index (κ1) is 31.6. The number of hydrogen-bond acceptors (Lipinski definition) is 5. The van der Waals surface area contributed by atoms with Crippen LogP contribution < -0.4 is 5.14 Å². The fraction of sp³-hybridized carbons (Fsp3) is 0.429. The number of carbonyl (C=O) groups is 1. The maximum absolute atomic E-state index is 13.7. The number of fused-ring (bicyclic) bond motifs is 3. The van der Waals surface area contributed by atoms with Gasteiger partial charge in [-0.05, 0) is 93.7 Å². The van der Waals surface area contributed by atoms with Crippen LogP contribution in [-0.2, 0) is 15.4 Å². The van der Waals surface area contributed by atoms with Crippen molar-refractivity contribution >= 4 is 50.2 Å². The second-order valence-electron chi connectivity index (χ2n) is 13.2. The summed E-state index contributed by atoms with van der Waals surface area (Å²) in [6, 6.07) is 23.3. The molecule has 1 aromatic heterocycles. The van der Waals surface area contributed by atoms with Crippen molar-refractivity contribution in [1.29, 1.82) is 0 Å². The number of aryl methyl sites for hydroxylation is 1. The SMILES string of the molecule is Cc1nc2ccccc2n1C1CC2CCC(C1)N2CCC1(c2ccccc2)CCN(C(=O)c2c(Cl)ccc(S(N)(=O)=O)c2Cl)CC1. The van der Waals surface area contributed by atoms with Gasteiger partial charge in [-0.3, -0.25) is 9.69 Å². The van der Waals surface area contributed by atoms with Crippen LogP contribution in [0.25, 0.3) is 11.0 Å². The van der Waals surface area contributed by atoms with E-state index in [0.717, 1.165) is 50.0 Å². The van der Waals surface area contributed by atoms with Crippen molar-refractivity contribution < 1.29 is 13.2 Å². The second kappa shape index (κ2) is 12.3. The van der Waals surface area contributed by atoms with Crippen LogP contribution >= 0.6 is 23.2 Å². The number of benzene rings is 3. The van der Waals surface area contributed by atoms with Gasteiger partial charge in [0.2, 0.25) is 10.0 Å². The van der Waals surface area contributed by atoms with Gasteiger partial charge in [-0.1, -0.05) is 65.7 Å². The molecule has 2 bridgehead atoms. The molecule has 1 amide bonds. The van der Waals surface area contributed by atoms with Crippen molar-refractivity contribution in [1.82, 2.24) is 19.4 Å². The molecule has 3 aliphatic rings. The normalized spacial score (nSPS) is 23.2. The first-order valence-electron chi connectivity index (χ1n) is 16.1. The predicted molar refractivity (Wildman–Crippen MR) is 182 cm³/mol. The Labute approximate surface area is 280 Å². The van der Waals surface area contributed by atoms with Gasteiger partial charge in [0.05, 0.1) is 26.6 Å². The molecule has 3 saturated heterocycles. The summed E-state index contributed by atoms with van der Waals surface area (Å²) in [4.78, 5) is 22.8. The van der Waals surface area contributed by atoms with E-state index in [1.165, 1.54) is 36.1 Å². The van der Waals surface area contributed by atoms with E-state index in [4.69, 9.17) is 33.3 Å². The number of halogens is 2. The van der Waals surface area contributed by atoms with Crippen molar-refractivity contribution in [3.05, 3.63) is 93.7 Å². The van der Waals surface area contributed by atoms with Crippen LogP contribution in [0.2, 0.25) is 10.0 Å². The van der Waals surface area contributed by atoms with E-state index in [1.807, 2.05) is 6.07 Å². The van der Waals surface area contributed by atoms with Crippen LogP contribution in [0.1, 0.15) is 72.7 Å². The topological polar surface area (TPSA) is 102 Å². The molecule has 2 unspecified atom stereocenters. The van der Waals surface area contributed by atoms with Crippen molar-refractivity contribution in [3.8, 4) is 0 Å². The Kier molecular flexibility index (Phi) is 8.43. The molecule has 46 heavy (non-hydrogen) atoms. The Hall–Kier alpha value is -2.95. The molecule has 242 valence electrons. The summed E-state index contributed by atoms with van der Waals surface area (Å²) >= 11 is 12.8. The van der Waals surface area contributed by atoms with E-state index in [9.17, 15) is 13.2 Å². The maximum atomic E-state index is 13.7. The molecule has 3 aliphatic heterocycles. The average molecular weight is 681 g/mol. The molecule has 0 aliphatic carbocycles. The number of imidazole rings is 1. The summed E-state index contributed by atoms with van der Waals surface area (Å²) in [6.45, 7) is 4.18. The molecule has 3 fully saturated rings. The lowest BCUT2D eigenvalue weighted by Gasteiger charge is -2.45. The van der Waals surface area contributed by atoms with Gasteiger partial charge >= 0.3 is 0 Å². The third kappa shape index (κ3) is 5.64. The van der Waals surface area contributed by atoms with E-state index in [2.05, 4.69) is 64.9 Å². The summed E-state index contributed by atoms with van der Waals surface area (Å²) < 4.78 is 26.6. The average Bonchev–Trinajstić information content (AvgIpc) is 3.50. The van der Waals surface area contributed by atoms with Gasteiger partial charge in [0.15, 0.2) is 0 Å². The summed E-state index contributed by atoms with van der Waals surface area (Å²) in [7, 11) is -4.11. The van der Waals surface area contributed by atoms with Gasteiger partial charge in [-0.15, -0.1) is 0 Å². The minimum Gasteiger partial charge on any atom is -0.338 e. The Morgan fingerprint density at radius 3 is 2.26 bits per heavy atom. The molecule has 0 radical (unpaired) electrons. The van der Waals surface area contributed by atoms with Crippen LogP contribution in [0.5, 0.6) is 0 Å². The molecule has 0 saturated carbocycles. The molecule has 2 atom stereocenters. The fourth-order valence-electron chi connectivity index (χ4n) is 8.51. The van der Waals surface area contributed by atoms with Gasteiger partial charge in [0, 0.05) is 31.2 Å². The number of hydrogen-bond donors (Lipinski definition) is 1. The molecule has 2 N–H and O–H groups in total. The lowest BCUT2D eigenvalue weighted by Crippen LogP contribution is -2.49. The van der Waals surface area contributed by atoms with Crippen molar-refractivity contribution in [3.63, 3.8) is 0 Å². The van der Waals surface area contributed by atoms with E-state index >= 15 is 0 Å². The number of para-hydroxylation sites is 2. The zero-order valence-electron chi connectivity index (χ0n) is 25.9. The maximum Gasteiger partial charge on any atom is 0.256 e. The lowest BCUT2D eigenvalue weighted by molar-refractivity contribution is 0.0607. The number of aromatic nitrogens is 2. The summed E-state index contributed by atoms with van der Waals surface area (Å²) in [6.07, 6.45) is 7.32. The third-order valence-corrected chi connectivity index (χ3v) is 12.6. The number of primary sulfonamides is 1. The van der Waals surface area contributed by atoms with E-state index in [1.54, 1.807) is 4.90 Å². The summed E-state index contributed by atoms with van der Waals surface area (Å²) in [5.41, 5.74) is 3.52. The molecule has 4 heterocycles. The minimum atomic E-state index is -4.11. The Morgan fingerprint density at radius 1 is 0.935 bits per heavy atom. The van der Waals surface area contributed by atoms with Crippen LogP contribution in [0.3, 0.4) is 0 Å². The highest BCUT2D eigenvalue weighted by molar-refractivity contribution is 7.89. The lowest BCUT2D eigenvalue weighted by atomic mass is 9.70. The first-order valence-corrected chi connectivity index (χ1v) is 18.4. The van der Waals surface area contributed by atoms with Gasteiger partial charge < -0.3 is 9.47 Å². The van der Waals surface area contributed by atoms with Gasteiger partial charge in [0.25, 0.3) is 5.91 Å². The van der Waals surface area contributed by atoms with Crippen molar-refractivity contribution in [2.24, 2.45) is 5.14 Å². The highest BCUT2D eigenvalue weighted by Crippen LogP contribution is 2.45. The number of piperidine rings is 2. The van der Waals surface area contributed by atoms with Gasteiger partial charge in [-0.25, -0.2) is 18.5 Å². The molecule has 8 nitrogen and oxygen atoms in total. The number of nitrogens with zero attached hydrogens (tertiary/aromatic N) is 4. The Morgan fingerprint density at radius 2 is 1.59 bits per heavy atom. The standard InChI is InChI=1S/C35H39Cl2N5O3S/c1-23-39-29-9-5-6-10-30(29)42(23)27-21-25-11-12-26(22-27)41(25)20-17-35(24-7-3-2-4-8-24)15-18-40(19-16-35)34(43)32-28(36)13-14-31(33(32)37)46(38,44)45/h2-10,13-14,25-27H,11-12,15-22H2,1H3,(H2,38,44,45). The highest BCUT2D eigenvalue weighted by Gasteiger charge is 2.44. The largest absolute Gasteiger partial charge is 0.338 e. The van der Waals surface area contributed by atoms with Crippen molar-refractivity contribution in [2.75, 3.05) is 19.6 Å². The molecular weight excluding hydrogens is 641 g/mol. The molecule has 11 heteroatoms. The van der Waals surface area contributed by atoms with E-state index < -0.39 is 10.0 Å². The second-order valence-corrected chi connectivity index (χ2v) is 15.5. The van der Waals surface area contributed by atoms with E-state index in [-0.39, 0.29) is 31.8 Å². The van der Waals surface area contributed by atoms with Crippen LogP contribution in [0.4, 0.5) is 0 Å². The Bertz CT molecular complexity index is 1870. The Balaban J connectivity index is 1.08. The van der Waals surface area contributed by atoms with Crippen LogP contribution in [-0.4, -0.2) is 65.4 Å². The van der Waals surface area contributed by atoms with Crippen molar-refractivity contribution in [2.45, 2.75) is 80.3 Å². The third-order valence-electron chi connectivity index (χ3n) is 10.8. The fourth-order valence-corrected chi connectivity index (χ4v) is 9.97. The highest BCUT2D eigenvalue weighted by atomic mass is 35.5. The quantitative estimate of drug-likeness (QED) is 0.233. The molecule has 0 spiro atoms. The van der Waals surface area contributed by atoms with Gasteiger partial charge in [-0.2, -0.15) is 0 Å². The summed E-state index contributed by atoms with van der Waals surface area (Å²) in [5.74, 6) is 0.729. The molecular formula is C35H39Cl2N5O3S. The zero-order valence-corrected chi connectivity index (χ0v) is 28.2. The number of rotatable bonds is 7. The van der Waals surface area contributed by atoms with Crippen LogP contribution in [0, 0.1) is 6.92 Å². The zero-order chi connectivity index (χ0) is 32.2. The number of sulfonamides is 1. The molecule has 4 aromatic rings.